The minimum atomic E-state index is -0.567. The third-order valence-corrected chi connectivity index (χ3v) is 3.79. The van der Waals surface area contributed by atoms with Crippen LogP contribution in [0.2, 0.25) is 5.02 Å². The lowest BCUT2D eigenvalue weighted by molar-refractivity contribution is -0.385. The molecule has 0 fully saturated rings. The van der Waals surface area contributed by atoms with Crippen LogP contribution in [0.5, 0.6) is 5.75 Å². The number of carbonyl (C=O) groups excluding carboxylic acids is 1. The van der Waals surface area contributed by atoms with Gasteiger partial charge in [0.1, 0.15) is 0 Å². The summed E-state index contributed by atoms with van der Waals surface area (Å²) in [6.45, 7) is 2.68. The van der Waals surface area contributed by atoms with Crippen LogP contribution in [0, 0.1) is 10.1 Å². The monoisotopic (exact) mass is 348 g/mol. The largest absolute Gasteiger partial charge is 0.490 e. The van der Waals surface area contributed by atoms with E-state index in [-0.39, 0.29) is 22.9 Å². The lowest BCUT2D eigenvalue weighted by Crippen LogP contribution is -2.30. The van der Waals surface area contributed by atoms with Gasteiger partial charge in [-0.1, -0.05) is 23.7 Å². The molecule has 6 nitrogen and oxygen atoms in total. The zero-order valence-electron chi connectivity index (χ0n) is 13.4. The molecule has 0 aliphatic rings. The van der Waals surface area contributed by atoms with E-state index in [2.05, 4.69) is 0 Å². The molecule has 0 spiro atoms. The maximum atomic E-state index is 12.7. The van der Waals surface area contributed by atoms with Crippen molar-refractivity contribution in [2.75, 3.05) is 13.7 Å². The van der Waals surface area contributed by atoms with Gasteiger partial charge in [-0.15, -0.1) is 0 Å². The lowest BCUT2D eigenvalue weighted by atomic mass is 10.1. The number of rotatable bonds is 6. The number of hydrogen-bond acceptors (Lipinski definition) is 4. The molecule has 0 bridgehead atoms. The fourth-order valence-electron chi connectivity index (χ4n) is 2.33. The van der Waals surface area contributed by atoms with E-state index >= 15 is 0 Å². The molecule has 2 aromatic carbocycles. The third-order valence-electron chi connectivity index (χ3n) is 3.55. The van der Waals surface area contributed by atoms with E-state index < -0.39 is 4.92 Å². The highest BCUT2D eigenvalue weighted by molar-refractivity contribution is 6.30. The predicted octanol–water partition coefficient (Wildman–Crippen LogP) is 3.92. The third kappa shape index (κ3) is 4.02. The molecule has 0 N–H and O–H groups in total. The summed E-state index contributed by atoms with van der Waals surface area (Å²) < 4.78 is 4.96. The molecule has 2 rings (SSSR count). The van der Waals surface area contributed by atoms with Crippen LogP contribution in [-0.4, -0.2) is 29.4 Å². The Balaban J connectivity index is 2.28. The minimum Gasteiger partial charge on any atom is -0.490 e. The van der Waals surface area contributed by atoms with Gasteiger partial charge < -0.3 is 9.64 Å². The van der Waals surface area contributed by atoms with Gasteiger partial charge in [-0.05, 0) is 36.8 Å². The topological polar surface area (TPSA) is 72.7 Å². The molecule has 0 saturated heterocycles. The van der Waals surface area contributed by atoms with Crippen molar-refractivity contribution in [1.82, 2.24) is 4.90 Å². The number of nitro groups is 1. The summed E-state index contributed by atoms with van der Waals surface area (Å²) >= 11 is 5.96. The first-order valence-corrected chi connectivity index (χ1v) is 7.70. The molecule has 0 saturated carbocycles. The lowest BCUT2D eigenvalue weighted by Gasteiger charge is -2.21. The SMILES string of the molecule is CCN(Cc1cccc(Cl)c1)C(=O)c1ccc(OC)c([N+](=O)[O-])c1. The normalized spacial score (nSPS) is 10.3. The van der Waals surface area contributed by atoms with E-state index in [1.807, 2.05) is 19.1 Å². The van der Waals surface area contributed by atoms with Crippen molar-refractivity contribution >= 4 is 23.2 Å². The summed E-state index contributed by atoms with van der Waals surface area (Å²) in [5.41, 5.74) is 0.897. The zero-order valence-corrected chi connectivity index (χ0v) is 14.1. The first kappa shape index (κ1) is 17.7. The van der Waals surface area contributed by atoms with Gasteiger partial charge in [-0.2, -0.15) is 0 Å². The van der Waals surface area contributed by atoms with Crippen LogP contribution >= 0.6 is 11.6 Å². The van der Waals surface area contributed by atoms with Crippen LogP contribution in [-0.2, 0) is 6.54 Å². The second-order valence-electron chi connectivity index (χ2n) is 5.09. The van der Waals surface area contributed by atoms with Crippen molar-refractivity contribution in [3.05, 3.63) is 68.7 Å². The smallest absolute Gasteiger partial charge is 0.311 e. The van der Waals surface area contributed by atoms with Crippen molar-refractivity contribution < 1.29 is 14.5 Å². The number of amides is 1. The van der Waals surface area contributed by atoms with Gasteiger partial charge in [0.15, 0.2) is 5.75 Å². The second-order valence-corrected chi connectivity index (χ2v) is 5.53. The molecule has 0 atom stereocenters. The first-order valence-electron chi connectivity index (χ1n) is 7.32. The maximum Gasteiger partial charge on any atom is 0.311 e. The van der Waals surface area contributed by atoms with E-state index in [0.717, 1.165) is 5.56 Å². The Morgan fingerprint density at radius 3 is 2.62 bits per heavy atom. The number of ether oxygens (including phenoxy) is 1. The van der Waals surface area contributed by atoms with Crippen molar-refractivity contribution in [3.63, 3.8) is 0 Å². The summed E-state index contributed by atoms with van der Waals surface area (Å²) in [6.07, 6.45) is 0. The van der Waals surface area contributed by atoms with Gasteiger partial charge in [-0.25, -0.2) is 0 Å². The number of methoxy groups -OCH3 is 1. The van der Waals surface area contributed by atoms with Crippen LogP contribution in [0.25, 0.3) is 0 Å². The van der Waals surface area contributed by atoms with E-state index in [9.17, 15) is 14.9 Å². The molecule has 0 aromatic heterocycles. The molecular weight excluding hydrogens is 332 g/mol. The van der Waals surface area contributed by atoms with Crippen molar-refractivity contribution in [3.8, 4) is 5.75 Å². The predicted molar refractivity (Wildman–Crippen MR) is 91.5 cm³/mol. The van der Waals surface area contributed by atoms with Crippen LogP contribution in [0.4, 0.5) is 5.69 Å². The van der Waals surface area contributed by atoms with Crippen LogP contribution < -0.4 is 4.74 Å². The van der Waals surface area contributed by atoms with E-state index in [1.165, 1.54) is 25.3 Å². The highest BCUT2D eigenvalue weighted by Gasteiger charge is 2.21. The minimum absolute atomic E-state index is 0.120. The number of carbonyl (C=O) groups is 1. The van der Waals surface area contributed by atoms with Crippen molar-refractivity contribution in [2.24, 2.45) is 0 Å². The number of benzene rings is 2. The standard InChI is InChI=1S/C17H17ClN2O4/c1-3-19(11-12-5-4-6-14(18)9-12)17(21)13-7-8-16(24-2)15(10-13)20(22)23/h4-10H,3,11H2,1-2H3. The second kappa shape index (κ2) is 7.79. The van der Waals surface area contributed by atoms with E-state index in [0.29, 0.717) is 18.1 Å². The number of hydrogen-bond donors (Lipinski definition) is 0. The highest BCUT2D eigenvalue weighted by Crippen LogP contribution is 2.28. The molecule has 24 heavy (non-hydrogen) atoms. The number of nitro benzene ring substituents is 1. The average molecular weight is 349 g/mol. The molecular formula is C17H17ClN2O4. The molecule has 0 unspecified atom stereocenters. The van der Waals surface area contributed by atoms with Gasteiger partial charge in [-0.3, -0.25) is 14.9 Å². The molecule has 0 aliphatic carbocycles. The Morgan fingerprint density at radius 1 is 1.29 bits per heavy atom. The van der Waals surface area contributed by atoms with Crippen LogP contribution in [0.1, 0.15) is 22.8 Å². The van der Waals surface area contributed by atoms with Gasteiger partial charge in [0.25, 0.3) is 5.91 Å². The summed E-state index contributed by atoms with van der Waals surface area (Å²) in [5, 5.41) is 11.7. The quantitative estimate of drug-likeness (QED) is 0.586. The Kier molecular flexibility index (Phi) is 5.76. The van der Waals surface area contributed by atoms with E-state index in [1.54, 1.807) is 17.0 Å². The first-order chi connectivity index (χ1) is 11.5. The Hall–Kier alpha value is -2.60. The highest BCUT2D eigenvalue weighted by atomic mass is 35.5. The Morgan fingerprint density at radius 2 is 2.04 bits per heavy atom. The number of halogens is 1. The van der Waals surface area contributed by atoms with Crippen molar-refractivity contribution in [2.45, 2.75) is 13.5 Å². The Bertz CT molecular complexity index is 764. The average Bonchev–Trinajstić information content (AvgIpc) is 2.58. The van der Waals surface area contributed by atoms with Crippen LogP contribution in [0.15, 0.2) is 42.5 Å². The zero-order chi connectivity index (χ0) is 17.7. The van der Waals surface area contributed by atoms with Gasteiger partial charge in [0.2, 0.25) is 0 Å². The summed E-state index contributed by atoms with van der Waals surface area (Å²) in [4.78, 5) is 24.8. The molecule has 126 valence electrons. The maximum absolute atomic E-state index is 12.7. The molecule has 0 heterocycles. The molecule has 1 amide bonds. The van der Waals surface area contributed by atoms with Gasteiger partial charge in [0, 0.05) is 29.7 Å². The van der Waals surface area contributed by atoms with Crippen molar-refractivity contribution in [1.29, 1.82) is 0 Å². The summed E-state index contributed by atoms with van der Waals surface area (Å²) in [5.74, 6) is -0.169. The van der Waals surface area contributed by atoms with Crippen LogP contribution in [0.3, 0.4) is 0 Å². The molecule has 0 radical (unpaired) electrons. The summed E-state index contributed by atoms with van der Waals surface area (Å²) in [7, 11) is 1.35. The van der Waals surface area contributed by atoms with Gasteiger partial charge >= 0.3 is 5.69 Å². The Labute approximate surface area is 144 Å². The fraction of sp³-hybridized carbons (Fsp3) is 0.235. The summed E-state index contributed by atoms with van der Waals surface area (Å²) in [6, 6.07) is 11.4. The molecule has 7 heteroatoms. The van der Waals surface area contributed by atoms with E-state index in [4.69, 9.17) is 16.3 Å². The van der Waals surface area contributed by atoms with Gasteiger partial charge in [0.05, 0.1) is 12.0 Å². The number of nitrogens with zero attached hydrogens (tertiary/aromatic N) is 2. The fourth-order valence-corrected chi connectivity index (χ4v) is 2.54. The molecule has 0 aliphatic heterocycles. The molecule has 2 aromatic rings.